The van der Waals surface area contributed by atoms with Crippen molar-refractivity contribution in [2.45, 2.75) is 89.1 Å². The highest BCUT2D eigenvalue weighted by atomic mass is 32.2. The van der Waals surface area contributed by atoms with Crippen molar-refractivity contribution >= 4 is 28.7 Å². The number of aliphatic hydroxyl groups is 1. The number of unbranched alkanes of at least 4 members (excludes halogenated alkanes) is 7. The summed E-state index contributed by atoms with van der Waals surface area (Å²) in [6, 6.07) is 6.14. The molecule has 0 saturated heterocycles. The van der Waals surface area contributed by atoms with Gasteiger partial charge in [-0.1, -0.05) is 76.6 Å². The molecule has 1 aromatic heterocycles. The predicted molar refractivity (Wildman–Crippen MR) is 127 cm³/mol. The van der Waals surface area contributed by atoms with E-state index in [0.29, 0.717) is 11.8 Å². The van der Waals surface area contributed by atoms with Crippen LogP contribution in [0.4, 0.5) is 0 Å². The molecule has 0 fully saturated rings. The van der Waals surface area contributed by atoms with Gasteiger partial charge < -0.3 is 14.6 Å². The summed E-state index contributed by atoms with van der Waals surface area (Å²) in [6.07, 6.45) is 12.5. The molecule has 1 aromatic carbocycles. The molecular formula is C25H34O5S. The second-order valence-electron chi connectivity index (χ2n) is 7.86. The number of rotatable bonds is 14. The number of allylic oxidation sites excluding steroid dienone is 1. The van der Waals surface area contributed by atoms with E-state index in [2.05, 4.69) is 19.9 Å². The SMILES string of the molecule is CCCCCCCCC=C(Sc1ccc2c(=O)cc(C(=O)O)oc2c1)[C@@H](O)CCCC. The molecule has 6 heteroatoms. The average molecular weight is 447 g/mol. The molecule has 0 spiro atoms. The smallest absolute Gasteiger partial charge is 0.371 e. The van der Waals surface area contributed by atoms with Crippen LogP contribution in [0.15, 0.2) is 49.4 Å². The van der Waals surface area contributed by atoms with Crippen LogP contribution < -0.4 is 5.43 Å². The van der Waals surface area contributed by atoms with Crippen molar-refractivity contribution < 1.29 is 19.4 Å². The standard InChI is InChI=1S/C25H34O5S/c1-3-5-7-8-9-10-11-13-24(20(26)12-6-4-2)31-18-14-15-19-21(27)17-23(25(28)29)30-22(19)16-18/h13-17,20,26H,3-12H2,1-2H3,(H,28,29)/t20-/m0/s1. The van der Waals surface area contributed by atoms with Gasteiger partial charge in [-0.2, -0.15) is 0 Å². The fraction of sp³-hybridized carbons (Fsp3) is 0.520. The van der Waals surface area contributed by atoms with Crippen molar-refractivity contribution in [2.75, 3.05) is 0 Å². The van der Waals surface area contributed by atoms with Crippen LogP contribution in [-0.2, 0) is 0 Å². The Hall–Kier alpha value is -2.05. The minimum atomic E-state index is -1.27. The maximum absolute atomic E-state index is 12.2. The van der Waals surface area contributed by atoms with E-state index in [1.807, 2.05) is 6.07 Å². The first-order valence-electron chi connectivity index (χ1n) is 11.3. The number of carboxylic acids is 1. The van der Waals surface area contributed by atoms with E-state index in [1.165, 1.54) is 43.9 Å². The Morgan fingerprint density at radius 3 is 2.48 bits per heavy atom. The predicted octanol–water partition coefficient (Wildman–Crippen LogP) is 6.77. The number of aliphatic hydroxyl groups excluding tert-OH is 1. The minimum Gasteiger partial charge on any atom is -0.475 e. The lowest BCUT2D eigenvalue weighted by molar-refractivity contribution is 0.0663. The number of thioether (sulfide) groups is 1. The van der Waals surface area contributed by atoms with E-state index in [9.17, 15) is 14.7 Å². The number of benzene rings is 1. The van der Waals surface area contributed by atoms with Crippen LogP contribution in [0, 0.1) is 0 Å². The van der Waals surface area contributed by atoms with Crippen molar-refractivity contribution in [3.05, 3.63) is 51.2 Å². The van der Waals surface area contributed by atoms with Crippen LogP contribution in [0.5, 0.6) is 0 Å². The number of hydrogen-bond donors (Lipinski definition) is 2. The summed E-state index contributed by atoms with van der Waals surface area (Å²) in [7, 11) is 0. The van der Waals surface area contributed by atoms with E-state index in [-0.39, 0.29) is 16.8 Å². The molecule has 2 aromatic rings. The fourth-order valence-corrected chi connectivity index (χ4v) is 4.42. The first kappa shape index (κ1) is 25.2. The number of carboxylic acid groups (broad SMARTS) is 1. The van der Waals surface area contributed by atoms with Crippen molar-refractivity contribution in [3.8, 4) is 0 Å². The van der Waals surface area contributed by atoms with E-state index in [4.69, 9.17) is 9.52 Å². The van der Waals surface area contributed by atoms with Gasteiger partial charge in [0, 0.05) is 15.9 Å². The fourth-order valence-electron chi connectivity index (χ4n) is 3.39. The summed E-state index contributed by atoms with van der Waals surface area (Å²) in [4.78, 5) is 25.1. The molecule has 0 amide bonds. The summed E-state index contributed by atoms with van der Waals surface area (Å²) < 4.78 is 5.40. The third-order valence-corrected chi connectivity index (χ3v) is 6.37. The van der Waals surface area contributed by atoms with Crippen molar-refractivity contribution in [1.29, 1.82) is 0 Å². The van der Waals surface area contributed by atoms with Gasteiger partial charge in [0.1, 0.15) is 5.58 Å². The Labute approximate surface area is 188 Å². The average Bonchev–Trinajstić information content (AvgIpc) is 2.75. The van der Waals surface area contributed by atoms with Gasteiger partial charge in [0.2, 0.25) is 5.76 Å². The molecule has 0 saturated carbocycles. The van der Waals surface area contributed by atoms with E-state index < -0.39 is 12.1 Å². The van der Waals surface area contributed by atoms with E-state index in [0.717, 1.165) is 41.6 Å². The van der Waals surface area contributed by atoms with Gasteiger partial charge in [0.05, 0.1) is 11.5 Å². The maximum Gasteiger partial charge on any atom is 0.371 e. The van der Waals surface area contributed by atoms with E-state index in [1.54, 1.807) is 12.1 Å². The van der Waals surface area contributed by atoms with Crippen LogP contribution in [0.1, 0.15) is 88.6 Å². The van der Waals surface area contributed by atoms with Gasteiger partial charge in [-0.25, -0.2) is 4.79 Å². The topological polar surface area (TPSA) is 87.7 Å². The lowest BCUT2D eigenvalue weighted by Gasteiger charge is -2.15. The lowest BCUT2D eigenvalue weighted by Crippen LogP contribution is -2.08. The summed E-state index contributed by atoms with van der Waals surface area (Å²) in [5, 5.41) is 20.2. The van der Waals surface area contributed by atoms with Gasteiger partial charge >= 0.3 is 5.97 Å². The van der Waals surface area contributed by atoms with Crippen molar-refractivity contribution in [3.63, 3.8) is 0 Å². The van der Waals surface area contributed by atoms with Crippen LogP contribution in [-0.4, -0.2) is 22.3 Å². The number of fused-ring (bicyclic) bond motifs is 1. The quantitative estimate of drug-likeness (QED) is 0.246. The lowest BCUT2D eigenvalue weighted by atomic mass is 10.1. The normalized spacial score (nSPS) is 12.9. The number of carbonyl (C=O) groups is 1. The molecule has 0 radical (unpaired) electrons. The molecule has 170 valence electrons. The number of hydrogen-bond acceptors (Lipinski definition) is 5. The zero-order chi connectivity index (χ0) is 22.6. The molecule has 0 aliphatic carbocycles. The highest BCUT2D eigenvalue weighted by molar-refractivity contribution is 8.03. The highest BCUT2D eigenvalue weighted by Gasteiger charge is 2.15. The number of aromatic carboxylic acids is 1. The molecule has 0 bridgehead atoms. The second kappa shape index (κ2) is 13.4. The molecule has 2 N–H and O–H groups in total. The molecule has 1 heterocycles. The second-order valence-corrected chi connectivity index (χ2v) is 9.01. The molecule has 2 rings (SSSR count). The summed E-state index contributed by atoms with van der Waals surface area (Å²) in [6.45, 7) is 4.31. The van der Waals surface area contributed by atoms with Gasteiger partial charge in [0.15, 0.2) is 5.43 Å². The molecular weight excluding hydrogens is 412 g/mol. The Balaban J connectivity index is 2.16. The first-order chi connectivity index (χ1) is 15.0. The Morgan fingerprint density at radius 1 is 1.06 bits per heavy atom. The molecule has 0 aliphatic heterocycles. The third-order valence-electron chi connectivity index (χ3n) is 5.21. The molecule has 5 nitrogen and oxygen atoms in total. The Kier molecular flexibility index (Phi) is 10.9. The van der Waals surface area contributed by atoms with Gasteiger partial charge in [-0.05, 0) is 37.5 Å². The van der Waals surface area contributed by atoms with E-state index >= 15 is 0 Å². The first-order valence-corrected chi connectivity index (χ1v) is 12.1. The summed E-state index contributed by atoms with van der Waals surface area (Å²) in [5.74, 6) is -1.65. The van der Waals surface area contributed by atoms with Gasteiger partial charge in [-0.3, -0.25) is 4.79 Å². The maximum atomic E-state index is 12.2. The van der Waals surface area contributed by atoms with Crippen molar-refractivity contribution in [2.24, 2.45) is 0 Å². The van der Waals surface area contributed by atoms with Crippen LogP contribution in [0.3, 0.4) is 0 Å². The Morgan fingerprint density at radius 2 is 1.77 bits per heavy atom. The zero-order valence-corrected chi connectivity index (χ0v) is 19.4. The molecule has 0 aliphatic rings. The zero-order valence-electron chi connectivity index (χ0n) is 18.6. The van der Waals surface area contributed by atoms with Crippen molar-refractivity contribution in [1.82, 2.24) is 0 Å². The molecule has 31 heavy (non-hydrogen) atoms. The van der Waals surface area contributed by atoms with Crippen LogP contribution in [0.25, 0.3) is 11.0 Å². The third kappa shape index (κ3) is 8.19. The van der Waals surface area contributed by atoms with Gasteiger partial charge in [-0.15, -0.1) is 0 Å². The van der Waals surface area contributed by atoms with Gasteiger partial charge in [0.25, 0.3) is 0 Å². The summed E-state index contributed by atoms with van der Waals surface area (Å²) in [5.41, 5.74) is -0.134. The van der Waals surface area contributed by atoms with Crippen LogP contribution in [0.2, 0.25) is 0 Å². The molecule has 0 unspecified atom stereocenters. The Bertz CT molecular complexity index is 931. The largest absolute Gasteiger partial charge is 0.475 e. The molecule has 1 atom stereocenters. The van der Waals surface area contributed by atoms with Crippen LogP contribution >= 0.6 is 11.8 Å². The highest BCUT2D eigenvalue weighted by Crippen LogP contribution is 2.33. The minimum absolute atomic E-state index is 0.244. The monoisotopic (exact) mass is 446 g/mol. The summed E-state index contributed by atoms with van der Waals surface area (Å²) >= 11 is 1.46.